The zero-order valence-corrected chi connectivity index (χ0v) is 19.0. The SMILES string of the molecule is CCOCc1nc2c(N)nc3cc(-c4ccccc4)ccc3c2n1CCCN1CCCC1=O. The van der Waals surface area contributed by atoms with E-state index < -0.39 is 0 Å². The van der Waals surface area contributed by atoms with Crippen molar-refractivity contribution >= 4 is 33.7 Å². The van der Waals surface area contributed by atoms with Crippen molar-refractivity contribution in [3.63, 3.8) is 0 Å². The van der Waals surface area contributed by atoms with Crippen LogP contribution in [-0.2, 0) is 22.7 Å². The van der Waals surface area contributed by atoms with Crippen molar-refractivity contribution in [3.05, 3.63) is 54.4 Å². The molecule has 1 fully saturated rings. The highest BCUT2D eigenvalue weighted by Gasteiger charge is 2.21. The fourth-order valence-corrected chi connectivity index (χ4v) is 4.67. The summed E-state index contributed by atoms with van der Waals surface area (Å²) in [6.07, 6.45) is 2.47. The van der Waals surface area contributed by atoms with Gasteiger partial charge < -0.3 is 19.9 Å². The number of rotatable bonds is 8. The number of nitrogens with two attached hydrogens (primary N) is 1. The summed E-state index contributed by atoms with van der Waals surface area (Å²) in [5.74, 6) is 1.52. The van der Waals surface area contributed by atoms with Crippen LogP contribution >= 0.6 is 0 Å². The lowest BCUT2D eigenvalue weighted by Gasteiger charge is -2.17. The zero-order chi connectivity index (χ0) is 22.8. The van der Waals surface area contributed by atoms with Crippen molar-refractivity contribution in [2.45, 2.75) is 39.3 Å². The molecule has 7 heteroatoms. The molecule has 33 heavy (non-hydrogen) atoms. The third kappa shape index (κ3) is 4.16. The van der Waals surface area contributed by atoms with E-state index in [-0.39, 0.29) is 5.91 Å². The predicted molar refractivity (Wildman–Crippen MR) is 131 cm³/mol. The van der Waals surface area contributed by atoms with E-state index in [1.807, 2.05) is 30.0 Å². The third-order valence-corrected chi connectivity index (χ3v) is 6.31. The Bertz CT molecular complexity index is 1300. The second-order valence-corrected chi connectivity index (χ2v) is 8.45. The van der Waals surface area contributed by atoms with Gasteiger partial charge in [-0.05, 0) is 37.0 Å². The third-order valence-electron chi connectivity index (χ3n) is 6.31. The Kier molecular flexibility index (Phi) is 5.96. The summed E-state index contributed by atoms with van der Waals surface area (Å²) in [6, 6.07) is 16.6. The Hall–Kier alpha value is -3.45. The van der Waals surface area contributed by atoms with E-state index in [1.54, 1.807) is 0 Å². The van der Waals surface area contributed by atoms with Gasteiger partial charge in [0.15, 0.2) is 5.82 Å². The molecule has 0 bridgehead atoms. The number of carbonyl (C=O) groups is 1. The lowest BCUT2D eigenvalue weighted by Crippen LogP contribution is -2.26. The zero-order valence-electron chi connectivity index (χ0n) is 19.0. The molecule has 1 saturated heterocycles. The van der Waals surface area contributed by atoms with Crippen molar-refractivity contribution in [1.82, 2.24) is 19.4 Å². The van der Waals surface area contributed by atoms with Gasteiger partial charge >= 0.3 is 0 Å². The van der Waals surface area contributed by atoms with Gasteiger partial charge in [0.25, 0.3) is 0 Å². The Morgan fingerprint density at radius 1 is 1.06 bits per heavy atom. The number of carbonyl (C=O) groups excluding carboxylic acids is 1. The van der Waals surface area contributed by atoms with Crippen LogP contribution in [0.1, 0.15) is 32.0 Å². The van der Waals surface area contributed by atoms with Crippen molar-refractivity contribution in [3.8, 4) is 11.1 Å². The first kappa shape index (κ1) is 21.4. The molecule has 0 radical (unpaired) electrons. The van der Waals surface area contributed by atoms with Crippen LogP contribution in [0, 0.1) is 0 Å². The summed E-state index contributed by atoms with van der Waals surface area (Å²) in [5.41, 5.74) is 11.2. The molecule has 1 amide bonds. The van der Waals surface area contributed by atoms with Crippen LogP contribution < -0.4 is 5.73 Å². The monoisotopic (exact) mass is 443 g/mol. The average Bonchev–Trinajstić information content (AvgIpc) is 3.42. The molecule has 1 aliphatic rings. The number of benzene rings is 2. The molecule has 5 rings (SSSR count). The molecule has 1 aliphatic heterocycles. The number of nitrogen functional groups attached to an aromatic ring is 1. The van der Waals surface area contributed by atoms with E-state index in [4.69, 9.17) is 15.5 Å². The van der Waals surface area contributed by atoms with Gasteiger partial charge in [-0.25, -0.2) is 9.97 Å². The van der Waals surface area contributed by atoms with E-state index in [0.29, 0.717) is 31.0 Å². The molecule has 0 unspecified atom stereocenters. The van der Waals surface area contributed by atoms with E-state index in [1.165, 1.54) is 0 Å². The normalized spacial score (nSPS) is 14.1. The standard InChI is InChI=1S/C26H29N5O2/c1-2-33-17-22-29-24-25(31(22)15-7-14-30-13-6-10-23(30)32)20-12-11-19(16-21(20)28-26(24)27)18-8-4-3-5-9-18/h3-5,8-9,11-12,16H,2,6-7,10,13-15,17H2,1H3,(H2,27,28). The van der Waals surface area contributed by atoms with Gasteiger partial charge in [-0.2, -0.15) is 0 Å². The van der Waals surface area contributed by atoms with E-state index in [0.717, 1.165) is 65.8 Å². The van der Waals surface area contributed by atoms with Crippen molar-refractivity contribution in [1.29, 1.82) is 0 Å². The minimum Gasteiger partial charge on any atom is -0.382 e. The van der Waals surface area contributed by atoms with E-state index in [9.17, 15) is 4.79 Å². The number of amides is 1. The average molecular weight is 444 g/mol. The quantitative estimate of drug-likeness (QED) is 0.437. The van der Waals surface area contributed by atoms with Gasteiger partial charge in [0, 0.05) is 38.0 Å². The number of likely N-dealkylation sites (tertiary alicyclic amines) is 1. The maximum absolute atomic E-state index is 12.0. The predicted octanol–water partition coefficient (Wildman–Crippen LogP) is 4.38. The second kappa shape index (κ2) is 9.19. The largest absolute Gasteiger partial charge is 0.382 e. The van der Waals surface area contributed by atoms with Gasteiger partial charge in [0.05, 0.1) is 11.0 Å². The minimum atomic E-state index is 0.257. The molecule has 4 aromatic rings. The van der Waals surface area contributed by atoms with Crippen molar-refractivity contribution in [2.24, 2.45) is 0 Å². The van der Waals surface area contributed by atoms with Gasteiger partial charge in [0.2, 0.25) is 5.91 Å². The van der Waals surface area contributed by atoms with Crippen molar-refractivity contribution in [2.75, 3.05) is 25.4 Å². The lowest BCUT2D eigenvalue weighted by atomic mass is 10.0. The summed E-state index contributed by atoms with van der Waals surface area (Å²) in [4.78, 5) is 23.5. The summed E-state index contributed by atoms with van der Waals surface area (Å²) >= 11 is 0. The number of hydrogen-bond donors (Lipinski definition) is 1. The minimum absolute atomic E-state index is 0.257. The Balaban J connectivity index is 1.56. The number of fused-ring (bicyclic) bond motifs is 3. The highest BCUT2D eigenvalue weighted by Crippen LogP contribution is 2.32. The van der Waals surface area contributed by atoms with Crippen LogP contribution in [0.3, 0.4) is 0 Å². The highest BCUT2D eigenvalue weighted by molar-refractivity contribution is 6.07. The fraction of sp³-hybridized carbons (Fsp3) is 0.346. The van der Waals surface area contributed by atoms with E-state index in [2.05, 4.69) is 39.9 Å². The summed E-state index contributed by atoms with van der Waals surface area (Å²) in [5, 5.41) is 1.02. The van der Waals surface area contributed by atoms with Crippen LogP contribution in [0.15, 0.2) is 48.5 Å². The number of anilines is 1. The maximum atomic E-state index is 12.0. The van der Waals surface area contributed by atoms with Gasteiger partial charge in [-0.1, -0.05) is 42.5 Å². The van der Waals surface area contributed by atoms with Crippen LogP contribution in [0.5, 0.6) is 0 Å². The van der Waals surface area contributed by atoms with Crippen LogP contribution in [-0.4, -0.2) is 45.0 Å². The topological polar surface area (TPSA) is 86.3 Å². The molecule has 170 valence electrons. The molecule has 0 atom stereocenters. The molecule has 3 heterocycles. The molecule has 0 aliphatic carbocycles. The first-order chi connectivity index (χ1) is 16.2. The molecule has 0 saturated carbocycles. The van der Waals surface area contributed by atoms with Gasteiger partial charge in [-0.3, -0.25) is 4.79 Å². The fourth-order valence-electron chi connectivity index (χ4n) is 4.67. The molecular formula is C26H29N5O2. The number of hydrogen-bond acceptors (Lipinski definition) is 5. The molecule has 2 aromatic carbocycles. The number of aromatic nitrogens is 3. The summed E-state index contributed by atoms with van der Waals surface area (Å²) in [6.45, 7) is 5.35. The van der Waals surface area contributed by atoms with Crippen molar-refractivity contribution < 1.29 is 9.53 Å². The van der Waals surface area contributed by atoms with Crippen LogP contribution in [0.2, 0.25) is 0 Å². The number of pyridine rings is 1. The van der Waals surface area contributed by atoms with Crippen LogP contribution in [0.25, 0.3) is 33.1 Å². The second-order valence-electron chi connectivity index (χ2n) is 8.45. The Labute approximate surface area is 193 Å². The number of imidazole rings is 1. The van der Waals surface area contributed by atoms with Crippen LogP contribution in [0.4, 0.5) is 5.82 Å². The molecular weight excluding hydrogens is 414 g/mol. The summed E-state index contributed by atoms with van der Waals surface area (Å²) in [7, 11) is 0. The van der Waals surface area contributed by atoms with E-state index >= 15 is 0 Å². The maximum Gasteiger partial charge on any atom is 0.222 e. The number of nitrogens with zero attached hydrogens (tertiary/aromatic N) is 4. The summed E-state index contributed by atoms with van der Waals surface area (Å²) < 4.78 is 7.91. The Morgan fingerprint density at radius 3 is 2.67 bits per heavy atom. The molecule has 0 spiro atoms. The highest BCUT2D eigenvalue weighted by atomic mass is 16.5. The first-order valence-corrected chi connectivity index (χ1v) is 11.6. The van der Waals surface area contributed by atoms with Gasteiger partial charge in [-0.15, -0.1) is 0 Å². The molecule has 2 aromatic heterocycles. The smallest absolute Gasteiger partial charge is 0.222 e. The molecule has 2 N–H and O–H groups in total. The molecule has 7 nitrogen and oxygen atoms in total. The van der Waals surface area contributed by atoms with Gasteiger partial charge in [0.1, 0.15) is 17.9 Å². The Morgan fingerprint density at radius 2 is 1.91 bits per heavy atom. The number of aryl methyl sites for hydroxylation is 1. The number of ether oxygens (including phenoxy) is 1. The lowest BCUT2D eigenvalue weighted by molar-refractivity contribution is -0.127. The first-order valence-electron chi connectivity index (χ1n) is 11.6.